The first-order chi connectivity index (χ1) is 18.9. The summed E-state index contributed by atoms with van der Waals surface area (Å²) in [4.78, 5) is 18.3. The summed E-state index contributed by atoms with van der Waals surface area (Å²) in [6.07, 6.45) is 16.4. The van der Waals surface area contributed by atoms with Crippen molar-refractivity contribution in [2.75, 3.05) is 5.75 Å². The Labute approximate surface area is 234 Å². The summed E-state index contributed by atoms with van der Waals surface area (Å²) in [5.74, 6) is 0.0687. The molecule has 0 amide bonds. The molecule has 0 saturated carbocycles. The van der Waals surface area contributed by atoms with Gasteiger partial charge in [0.2, 0.25) is 0 Å². The molecule has 0 bridgehead atoms. The van der Waals surface area contributed by atoms with Gasteiger partial charge in [-0.1, -0.05) is 72.1 Å². The third-order valence-electron chi connectivity index (χ3n) is 7.74. The fraction of sp³-hybridized carbons (Fsp3) is 0.188. The summed E-state index contributed by atoms with van der Waals surface area (Å²) < 4.78 is 22.6. The number of nitrogens with zero attached hydrogens (tertiary/aromatic N) is 1. The molecule has 3 atom stereocenters. The summed E-state index contributed by atoms with van der Waals surface area (Å²) >= 11 is 4.10. The molecule has 6 rings (SSSR count). The zero-order chi connectivity index (χ0) is 27.1. The van der Waals surface area contributed by atoms with Crippen molar-refractivity contribution >= 4 is 45.8 Å². The van der Waals surface area contributed by atoms with E-state index in [1.807, 2.05) is 36.6 Å². The summed E-state index contributed by atoms with van der Waals surface area (Å²) in [7, 11) is 0. The van der Waals surface area contributed by atoms with Gasteiger partial charge in [-0.3, -0.25) is 14.0 Å². The highest BCUT2D eigenvalue weighted by molar-refractivity contribution is 7.79. The van der Waals surface area contributed by atoms with Crippen molar-refractivity contribution in [1.29, 1.82) is 0 Å². The number of hydrogen-bond acceptors (Lipinski definition) is 5. The lowest BCUT2D eigenvalue weighted by Gasteiger charge is -2.33. The third-order valence-corrected chi connectivity index (χ3v) is 8.53. The molecule has 2 aromatic rings. The minimum Gasteiger partial charge on any atom is -0.772 e. The SMILES string of the molecule is CC1C=CC(CCS(=O)[O-])=c2ccc3c(c21)C(=O)C=C1C(C2=CN=CC=CN2)=CCC(c2ccc(Cl)cc2)C=31. The molecule has 0 radical (unpaired) electrons. The number of fused-ring (bicyclic) bond motifs is 4. The van der Waals surface area contributed by atoms with Crippen LogP contribution in [0.2, 0.25) is 5.02 Å². The maximum absolute atomic E-state index is 14.0. The largest absolute Gasteiger partial charge is 0.772 e. The Kier molecular flexibility index (Phi) is 6.94. The van der Waals surface area contributed by atoms with Gasteiger partial charge in [0.1, 0.15) is 0 Å². The van der Waals surface area contributed by atoms with Crippen molar-refractivity contribution in [3.8, 4) is 0 Å². The summed E-state index contributed by atoms with van der Waals surface area (Å²) in [5.41, 5.74) is 7.55. The molecule has 1 heterocycles. The molecule has 5 nitrogen and oxygen atoms in total. The quantitative estimate of drug-likeness (QED) is 0.537. The van der Waals surface area contributed by atoms with Gasteiger partial charge < -0.3 is 9.87 Å². The van der Waals surface area contributed by atoms with Gasteiger partial charge in [-0.05, 0) is 75.4 Å². The second kappa shape index (κ2) is 10.5. The number of ketones is 1. The Bertz CT molecular complexity index is 1730. The van der Waals surface area contributed by atoms with Gasteiger partial charge >= 0.3 is 0 Å². The van der Waals surface area contributed by atoms with Gasteiger partial charge in [-0.25, -0.2) is 0 Å². The van der Waals surface area contributed by atoms with E-state index in [0.29, 0.717) is 17.0 Å². The number of rotatable bonds is 5. The molecule has 3 unspecified atom stereocenters. The monoisotopic (exact) mass is 553 g/mol. The molecule has 3 aliphatic carbocycles. The van der Waals surface area contributed by atoms with Crippen LogP contribution in [0.4, 0.5) is 0 Å². The molecule has 39 heavy (non-hydrogen) atoms. The van der Waals surface area contributed by atoms with Crippen molar-refractivity contribution in [2.45, 2.75) is 31.6 Å². The van der Waals surface area contributed by atoms with E-state index in [1.165, 1.54) is 0 Å². The van der Waals surface area contributed by atoms with Crippen molar-refractivity contribution < 1.29 is 13.6 Å². The highest BCUT2D eigenvalue weighted by Crippen LogP contribution is 2.45. The Morgan fingerprint density at radius 2 is 1.92 bits per heavy atom. The molecule has 0 spiro atoms. The van der Waals surface area contributed by atoms with E-state index in [1.54, 1.807) is 18.5 Å². The lowest BCUT2D eigenvalue weighted by Crippen LogP contribution is -2.34. The lowest BCUT2D eigenvalue weighted by molar-refractivity contribution is 0.104. The van der Waals surface area contributed by atoms with Crippen LogP contribution in [0, 0.1) is 0 Å². The summed E-state index contributed by atoms with van der Waals surface area (Å²) in [6, 6.07) is 12.0. The number of nitrogens with one attached hydrogen (secondary N) is 1. The zero-order valence-electron chi connectivity index (χ0n) is 21.3. The second-order valence-corrected chi connectivity index (χ2v) is 11.5. The molecular weight excluding hydrogens is 528 g/mol. The normalized spacial score (nSPS) is 22.1. The maximum Gasteiger partial charge on any atom is 0.187 e. The highest BCUT2D eigenvalue weighted by Gasteiger charge is 2.34. The van der Waals surface area contributed by atoms with Gasteiger partial charge in [0.25, 0.3) is 0 Å². The van der Waals surface area contributed by atoms with Crippen molar-refractivity contribution in [3.63, 3.8) is 0 Å². The molecule has 1 aliphatic heterocycles. The van der Waals surface area contributed by atoms with E-state index in [9.17, 15) is 13.6 Å². The van der Waals surface area contributed by atoms with E-state index in [4.69, 9.17) is 11.6 Å². The molecule has 1 N–H and O–H groups in total. The fourth-order valence-corrected chi connectivity index (χ4v) is 6.51. The molecule has 4 aliphatic rings. The van der Waals surface area contributed by atoms with Crippen LogP contribution in [0.3, 0.4) is 0 Å². The van der Waals surface area contributed by atoms with Gasteiger partial charge in [0.05, 0.1) is 11.9 Å². The maximum atomic E-state index is 14.0. The van der Waals surface area contributed by atoms with Crippen LogP contribution in [0.15, 0.2) is 101 Å². The number of aliphatic imine (C=N–C) groups is 1. The van der Waals surface area contributed by atoms with Crippen LogP contribution in [0.1, 0.15) is 53.1 Å². The Morgan fingerprint density at radius 3 is 2.72 bits per heavy atom. The van der Waals surface area contributed by atoms with E-state index in [-0.39, 0.29) is 23.4 Å². The van der Waals surface area contributed by atoms with Crippen molar-refractivity contribution in [3.05, 3.63) is 128 Å². The number of allylic oxidation sites excluding steroid dienone is 6. The van der Waals surface area contributed by atoms with Gasteiger partial charge in [0, 0.05) is 46.2 Å². The van der Waals surface area contributed by atoms with E-state index in [0.717, 1.165) is 56.0 Å². The first-order valence-corrected chi connectivity index (χ1v) is 14.6. The highest BCUT2D eigenvalue weighted by atomic mass is 35.5. The molecule has 0 aromatic heterocycles. The van der Waals surface area contributed by atoms with Gasteiger partial charge in [-0.2, -0.15) is 0 Å². The van der Waals surface area contributed by atoms with E-state index in [2.05, 4.69) is 47.6 Å². The molecule has 196 valence electrons. The minimum atomic E-state index is -2.13. The van der Waals surface area contributed by atoms with Crippen molar-refractivity contribution in [1.82, 2.24) is 5.32 Å². The Morgan fingerprint density at radius 1 is 1.13 bits per heavy atom. The molecule has 0 saturated heterocycles. The number of hydrogen-bond donors (Lipinski definition) is 1. The number of carbonyl (C=O) groups is 1. The zero-order valence-corrected chi connectivity index (χ0v) is 22.9. The fourth-order valence-electron chi connectivity index (χ4n) is 5.99. The van der Waals surface area contributed by atoms with Crippen molar-refractivity contribution in [2.24, 2.45) is 4.99 Å². The number of halogens is 1. The molecule has 2 aromatic carbocycles. The van der Waals surface area contributed by atoms with Gasteiger partial charge in [0.15, 0.2) is 5.78 Å². The third kappa shape index (κ3) is 4.73. The Hall–Kier alpha value is -3.58. The van der Waals surface area contributed by atoms with Crippen LogP contribution in [0.5, 0.6) is 0 Å². The van der Waals surface area contributed by atoms with Crippen LogP contribution >= 0.6 is 11.6 Å². The topological polar surface area (TPSA) is 81.6 Å². The lowest BCUT2D eigenvalue weighted by atomic mass is 9.71. The van der Waals surface area contributed by atoms with Crippen LogP contribution in [-0.4, -0.2) is 26.5 Å². The van der Waals surface area contributed by atoms with E-state index >= 15 is 0 Å². The second-order valence-electron chi connectivity index (χ2n) is 10.0. The molecule has 0 fully saturated rings. The number of benzene rings is 2. The predicted molar refractivity (Wildman–Crippen MR) is 157 cm³/mol. The first-order valence-electron chi connectivity index (χ1n) is 12.9. The standard InChI is InChI=1S/C32H27ClN2O3S/c1-19-3-4-21(13-16-39(37)38)23-10-12-26-31-24(20-5-7-22(33)8-6-20)9-11-25(28-18-34-14-2-15-35-28)27(31)17-29(36)32(26)30(19)23/h2-8,10-12,14-15,17-19,24,35H,9,13,16H2,1H3,(H,37,38)/p-1. The van der Waals surface area contributed by atoms with Crippen LogP contribution < -0.4 is 15.8 Å². The summed E-state index contributed by atoms with van der Waals surface area (Å²) in [5, 5.41) is 5.89. The first kappa shape index (κ1) is 25.7. The molecular formula is C32H26ClN2O3S-. The Balaban J connectivity index is 1.62. The molecule has 7 heteroatoms. The summed E-state index contributed by atoms with van der Waals surface area (Å²) in [6.45, 7) is 2.09. The minimum absolute atomic E-state index is 0.0224. The number of carbonyl (C=O) groups excluding carboxylic acids is 1. The predicted octanol–water partition coefficient (Wildman–Crippen LogP) is 4.85. The van der Waals surface area contributed by atoms with Gasteiger partial charge in [-0.15, -0.1) is 0 Å². The average Bonchev–Trinajstić information content (AvgIpc) is 3.22. The average molecular weight is 554 g/mol. The van der Waals surface area contributed by atoms with Crippen LogP contribution in [-0.2, 0) is 11.1 Å². The smallest absolute Gasteiger partial charge is 0.187 e. The van der Waals surface area contributed by atoms with E-state index < -0.39 is 11.1 Å². The van der Waals surface area contributed by atoms with Crippen LogP contribution in [0.25, 0.3) is 11.1 Å².